The van der Waals surface area contributed by atoms with Crippen molar-refractivity contribution in [1.82, 2.24) is 5.32 Å². The second-order valence-electron chi connectivity index (χ2n) is 27.0. The molecule has 2 atom stereocenters. The lowest BCUT2D eigenvalue weighted by molar-refractivity contribution is -0.143. The fourth-order valence-corrected chi connectivity index (χ4v) is 12.4. The molecule has 0 aromatic rings. The highest BCUT2D eigenvalue weighted by Crippen LogP contribution is 2.19. The van der Waals surface area contributed by atoms with E-state index in [9.17, 15) is 19.8 Å². The SMILES string of the molecule is CCCCCCCCCCCCCCCCCCCCCCC/C=C/C(O)C(CO)NC(=O)CCCCCCCCCCCCCCCCC/C=C\C/C=C\CCCCCCCCCCCOC(=O)CCCCCCCCCCCCCCCCC. The van der Waals surface area contributed by atoms with Crippen molar-refractivity contribution in [3.8, 4) is 0 Å². The molecule has 0 rings (SSSR count). The number of rotatable bonds is 74. The van der Waals surface area contributed by atoms with Crippen LogP contribution in [0.1, 0.15) is 438 Å². The van der Waals surface area contributed by atoms with Crippen molar-refractivity contribution in [2.45, 2.75) is 450 Å². The monoisotopic (exact) mass is 1210 g/mol. The number of allylic oxidation sites excluding steroid dienone is 5. The minimum Gasteiger partial charge on any atom is -0.466 e. The van der Waals surface area contributed by atoms with Crippen LogP contribution in [-0.4, -0.2) is 47.4 Å². The van der Waals surface area contributed by atoms with Crippen LogP contribution in [0.2, 0.25) is 0 Å². The van der Waals surface area contributed by atoms with Crippen molar-refractivity contribution in [2.24, 2.45) is 0 Å². The molecule has 0 bridgehead atoms. The predicted octanol–water partition coefficient (Wildman–Crippen LogP) is 25.8. The largest absolute Gasteiger partial charge is 0.466 e. The summed E-state index contributed by atoms with van der Waals surface area (Å²) in [7, 11) is 0. The molecule has 0 saturated heterocycles. The summed E-state index contributed by atoms with van der Waals surface area (Å²) in [4.78, 5) is 24.6. The third-order valence-corrected chi connectivity index (χ3v) is 18.4. The Hall–Kier alpha value is -1.92. The first kappa shape index (κ1) is 84.1. The maximum Gasteiger partial charge on any atom is 0.305 e. The fraction of sp³-hybridized carbons (Fsp3) is 0.900. The highest BCUT2D eigenvalue weighted by atomic mass is 16.5. The normalized spacial score (nSPS) is 12.7. The molecule has 86 heavy (non-hydrogen) atoms. The van der Waals surface area contributed by atoms with Gasteiger partial charge in [-0.3, -0.25) is 9.59 Å². The number of esters is 1. The number of carbonyl (C=O) groups is 2. The Kier molecular flexibility index (Phi) is 73.9. The summed E-state index contributed by atoms with van der Waals surface area (Å²) in [6.45, 7) is 4.95. The Bertz CT molecular complexity index is 1390. The van der Waals surface area contributed by atoms with Gasteiger partial charge in [0.2, 0.25) is 5.91 Å². The third-order valence-electron chi connectivity index (χ3n) is 18.4. The number of unbranched alkanes of at least 4 members (excludes halogenated alkanes) is 59. The molecule has 0 aliphatic heterocycles. The number of aliphatic hydroxyl groups excluding tert-OH is 2. The Morgan fingerprint density at radius 2 is 0.581 bits per heavy atom. The van der Waals surface area contributed by atoms with Gasteiger partial charge in [0.15, 0.2) is 0 Å². The van der Waals surface area contributed by atoms with Crippen LogP contribution < -0.4 is 5.32 Å². The summed E-state index contributed by atoms with van der Waals surface area (Å²) in [5.41, 5.74) is 0. The zero-order valence-electron chi connectivity index (χ0n) is 58.3. The highest BCUT2D eigenvalue weighted by Gasteiger charge is 2.18. The Balaban J connectivity index is 3.41. The Labute approximate surface area is 538 Å². The summed E-state index contributed by atoms with van der Waals surface area (Å²) in [5.74, 6) is -0.0461. The van der Waals surface area contributed by atoms with E-state index in [2.05, 4.69) is 43.5 Å². The first-order valence-corrected chi connectivity index (χ1v) is 39.3. The van der Waals surface area contributed by atoms with Gasteiger partial charge in [-0.05, 0) is 64.2 Å². The van der Waals surface area contributed by atoms with Gasteiger partial charge in [0.25, 0.3) is 0 Å². The summed E-state index contributed by atoms with van der Waals surface area (Å²) in [6.07, 6.45) is 98.3. The standard InChI is InChI=1S/C80H153NO5/c1-3-5-7-9-11-13-15-17-19-20-21-22-32-35-38-41-45-48-52-56-60-64-68-72-78(83)77(76-82)81-79(84)73-69-65-61-57-53-49-46-42-39-36-33-30-28-26-24-23-25-27-29-31-34-37-40-43-47-51-55-59-63-67-71-75-86-80(85)74-70-66-62-58-54-50-44-18-16-14-12-10-8-6-4-2/h25,27,31,34,68,72,77-78,82-83H,3-24,26,28-30,32-33,35-67,69-71,73-76H2,1-2H3,(H,81,84)/b27-25-,34-31-,72-68+. The molecule has 0 aliphatic carbocycles. The predicted molar refractivity (Wildman–Crippen MR) is 379 cm³/mol. The molecule has 0 spiro atoms. The van der Waals surface area contributed by atoms with E-state index in [0.29, 0.717) is 19.4 Å². The van der Waals surface area contributed by atoms with E-state index in [1.54, 1.807) is 6.08 Å². The topological polar surface area (TPSA) is 95.9 Å². The summed E-state index contributed by atoms with van der Waals surface area (Å²) in [6, 6.07) is -0.629. The minimum atomic E-state index is -0.846. The number of ether oxygens (including phenoxy) is 1. The van der Waals surface area contributed by atoms with E-state index >= 15 is 0 Å². The van der Waals surface area contributed by atoms with E-state index in [1.165, 1.54) is 366 Å². The Morgan fingerprint density at radius 3 is 0.884 bits per heavy atom. The van der Waals surface area contributed by atoms with Crippen LogP contribution in [0.5, 0.6) is 0 Å². The summed E-state index contributed by atoms with van der Waals surface area (Å²) < 4.78 is 5.50. The maximum atomic E-state index is 12.5. The lowest BCUT2D eigenvalue weighted by atomic mass is 10.0. The minimum absolute atomic E-state index is 0.0166. The van der Waals surface area contributed by atoms with E-state index in [1.807, 2.05) is 6.08 Å². The first-order valence-electron chi connectivity index (χ1n) is 39.3. The zero-order chi connectivity index (χ0) is 62.0. The molecule has 2 unspecified atom stereocenters. The fourth-order valence-electron chi connectivity index (χ4n) is 12.4. The van der Waals surface area contributed by atoms with Crippen molar-refractivity contribution < 1.29 is 24.5 Å². The average molecular weight is 1210 g/mol. The van der Waals surface area contributed by atoms with Crippen molar-refractivity contribution in [3.63, 3.8) is 0 Å². The van der Waals surface area contributed by atoms with Gasteiger partial charge in [-0.25, -0.2) is 0 Å². The Morgan fingerprint density at radius 1 is 0.326 bits per heavy atom. The molecule has 0 heterocycles. The molecule has 0 aromatic carbocycles. The molecule has 508 valence electrons. The average Bonchev–Trinajstić information content (AvgIpc) is 3.52. The molecule has 0 aromatic heterocycles. The van der Waals surface area contributed by atoms with Crippen LogP contribution in [-0.2, 0) is 14.3 Å². The molecule has 0 saturated carbocycles. The first-order chi connectivity index (χ1) is 42.5. The van der Waals surface area contributed by atoms with E-state index in [0.717, 1.165) is 44.9 Å². The maximum absolute atomic E-state index is 12.5. The van der Waals surface area contributed by atoms with Gasteiger partial charge in [-0.2, -0.15) is 0 Å². The summed E-state index contributed by atoms with van der Waals surface area (Å²) in [5, 5.41) is 23.3. The molecular formula is C80H153NO5. The molecule has 0 aliphatic rings. The quantitative estimate of drug-likeness (QED) is 0.0320. The number of amides is 1. The van der Waals surface area contributed by atoms with E-state index < -0.39 is 12.1 Å². The molecule has 0 fully saturated rings. The molecule has 6 heteroatoms. The van der Waals surface area contributed by atoms with Gasteiger partial charge < -0.3 is 20.3 Å². The van der Waals surface area contributed by atoms with Crippen LogP contribution in [0.25, 0.3) is 0 Å². The number of aliphatic hydroxyl groups is 2. The number of hydrogen-bond acceptors (Lipinski definition) is 5. The zero-order valence-corrected chi connectivity index (χ0v) is 58.3. The smallest absolute Gasteiger partial charge is 0.305 e. The lowest BCUT2D eigenvalue weighted by Crippen LogP contribution is -2.45. The molecule has 1 amide bonds. The molecular weight excluding hydrogens is 1050 g/mol. The molecule has 3 N–H and O–H groups in total. The van der Waals surface area contributed by atoms with Crippen molar-refractivity contribution in [3.05, 3.63) is 36.5 Å². The van der Waals surface area contributed by atoms with Crippen molar-refractivity contribution >= 4 is 11.9 Å². The van der Waals surface area contributed by atoms with Gasteiger partial charge in [-0.1, -0.05) is 397 Å². The lowest BCUT2D eigenvalue weighted by Gasteiger charge is -2.20. The van der Waals surface area contributed by atoms with Crippen molar-refractivity contribution in [1.29, 1.82) is 0 Å². The van der Waals surface area contributed by atoms with Gasteiger partial charge in [0.05, 0.1) is 25.4 Å². The number of nitrogens with one attached hydrogen (secondary N) is 1. The second-order valence-corrected chi connectivity index (χ2v) is 27.0. The van der Waals surface area contributed by atoms with E-state index in [-0.39, 0.29) is 18.5 Å². The van der Waals surface area contributed by atoms with E-state index in [4.69, 9.17) is 4.74 Å². The van der Waals surface area contributed by atoms with Crippen LogP contribution in [0.3, 0.4) is 0 Å². The number of carbonyl (C=O) groups excluding carboxylic acids is 2. The number of hydrogen-bond donors (Lipinski definition) is 3. The third kappa shape index (κ3) is 71.2. The summed E-state index contributed by atoms with van der Waals surface area (Å²) >= 11 is 0. The molecule has 6 nitrogen and oxygen atoms in total. The van der Waals surface area contributed by atoms with Gasteiger partial charge in [-0.15, -0.1) is 0 Å². The van der Waals surface area contributed by atoms with Gasteiger partial charge in [0.1, 0.15) is 0 Å². The van der Waals surface area contributed by atoms with Gasteiger partial charge in [0, 0.05) is 12.8 Å². The van der Waals surface area contributed by atoms with Crippen LogP contribution in [0.15, 0.2) is 36.5 Å². The molecule has 0 radical (unpaired) electrons. The second kappa shape index (κ2) is 75.5. The highest BCUT2D eigenvalue weighted by molar-refractivity contribution is 5.76. The van der Waals surface area contributed by atoms with Gasteiger partial charge >= 0.3 is 5.97 Å². The van der Waals surface area contributed by atoms with Crippen LogP contribution in [0, 0.1) is 0 Å². The van der Waals surface area contributed by atoms with Crippen LogP contribution >= 0.6 is 0 Å². The van der Waals surface area contributed by atoms with Crippen molar-refractivity contribution in [2.75, 3.05) is 13.2 Å². The van der Waals surface area contributed by atoms with Crippen LogP contribution in [0.4, 0.5) is 0 Å².